The molecular weight excluding hydrogens is 218 g/mol. The van der Waals surface area contributed by atoms with E-state index in [1.807, 2.05) is 6.08 Å². The Labute approximate surface area is 89.5 Å². The molecular formula is C8H6ClN5O. The van der Waals surface area contributed by atoms with E-state index in [0.717, 1.165) is 0 Å². The smallest absolute Gasteiger partial charge is 0.263 e. The van der Waals surface area contributed by atoms with Gasteiger partial charge in [-0.1, -0.05) is 11.6 Å². The number of hydrogen-bond donors (Lipinski definition) is 1. The fourth-order valence-electron chi connectivity index (χ4n) is 1.33. The summed E-state index contributed by atoms with van der Waals surface area (Å²) in [6.45, 7) is 0.603. The van der Waals surface area contributed by atoms with Crippen LogP contribution >= 0.6 is 11.6 Å². The van der Waals surface area contributed by atoms with Gasteiger partial charge in [-0.2, -0.15) is 15.0 Å². The molecule has 2 aromatic rings. The van der Waals surface area contributed by atoms with Gasteiger partial charge in [0.25, 0.3) is 5.95 Å². The first-order valence-electron chi connectivity index (χ1n) is 4.30. The molecule has 1 aliphatic heterocycles. The number of aromatic nitrogens is 4. The molecule has 0 saturated heterocycles. The predicted octanol–water partition coefficient (Wildman–Crippen LogP) is 1.27. The topological polar surface area (TPSA) is 66.9 Å². The Morgan fingerprint density at radius 2 is 2.40 bits per heavy atom. The normalized spacial score (nSPS) is 14.9. The van der Waals surface area contributed by atoms with Crippen molar-refractivity contribution in [3.05, 3.63) is 23.8 Å². The maximum Gasteiger partial charge on any atom is 0.263 e. The molecule has 0 amide bonds. The Morgan fingerprint density at radius 1 is 1.47 bits per heavy atom. The van der Waals surface area contributed by atoms with Crippen molar-refractivity contribution < 1.29 is 4.84 Å². The lowest BCUT2D eigenvalue weighted by Gasteiger charge is -2.13. The molecule has 1 N–H and O–H groups in total. The van der Waals surface area contributed by atoms with Crippen LogP contribution in [0.15, 0.2) is 18.7 Å². The van der Waals surface area contributed by atoms with E-state index >= 15 is 0 Å². The number of halogens is 1. The zero-order chi connectivity index (χ0) is 10.3. The van der Waals surface area contributed by atoms with Crippen LogP contribution in [0.4, 0.5) is 5.95 Å². The second kappa shape index (κ2) is 3.09. The average Bonchev–Trinajstić information content (AvgIpc) is 2.88. The van der Waals surface area contributed by atoms with Gasteiger partial charge in [-0.3, -0.25) is 0 Å². The molecule has 15 heavy (non-hydrogen) atoms. The van der Waals surface area contributed by atoms with Crippen LogP contribution < -0.4 is 5.06 Å². The molecule has 0 bridgehead atoms. The fourth-order valence-corrected chi connectivity index (χ4v) is 1.54. The predicted molar refractivity (Wildman–Crippen MR) is 54.3 cm³/mol. The molecule has 76 valence electrons. The molecule has 0 unspecified atom stereocenters. The summed E-state index contributed by atoms with van der Waals surface area (Å²) < 4.78 is 0. The number of anilines is 1. The zero-order valence-corrected chi connectivity index (χ0v) is 8.27. The Bertz CT molecular complexity index is 529. The third kappa shape index (κ3) is 1.30. The highest BCUT2D eigenvalue weighted by Gasteiger charge is 2.16. The van der Waals surface area contributed by atoms with Crippen molar-refractivity contribution in [2.45, 2.75) is 0 Å². The lowest BCUT2D eigenvalue weighted by atomic mass is 10.5. The quantitative estimate of drug-likeness (QED) is 0.738. The summed E-state index contributed by atoms with van der Waals surface area (Å²) >= 11 is 5.96. The Hall–Kier alpha value is -1.82. The van der Waals surface area contributed by atoms with Crippen LogP contribution in [0.2, 0.25) is 5.15 Å². The fraction of sp³-hybridized carbons (Fsp3) is 0.125. The van der Waals surface area contributed by atoms with E-state index in [0.29, 0.717) is 28.8 Å². The van der Waals surface area contributed by atoms with Crippen LogP contribution in [0, 0.1) is 0 Å². The molecule has 7 heteroatoms. The number of fused-ring (bicyclic) bond motifs is 1. The number of hydroxylamine groups is 1. The molecule has 0 spiro atoms. The molecule has 3 rings (SSSR count). The summed E-state index contributed by atoms with van der Waals surface area (Å²) in [6.07, 6.45) is 4.95. The minimum atomic E-state index is 0.336. The first-order valence-corrected chi connectivity index (χ1v) is 4.68. The third-order valence-corrected chi connectivity index (χ3v) is 2.28. The summed E-state index contributed by atoms with van der Waals surface area (Å²) in [6, 6.07) is 0. The first-order chi connectivity index (χ1) is 7.34. The van der Waals surface area contributed by atoms with Gasteiger partial charge in [0.05, 0.1) is 12.9 Å². The number of hydrogen-bond acceptors (Lipinski definition) is 5. The van der Waals surface area contributed by atoms with E-state index in [2.05, 4.69) is 19.9 Å². The molecule has 2 aromatic heterocycles. The SMILES string of the molecule is Clc1nc(N2CC=CO2)nc2nc[nH]c12. The van der Waals surface area contributed by atoms with Gasteiger partial charge in [0.15, 0.2) is 10.8 Å². The van der Waals surface area contributed by atoms with Gasteiger partial charge >= 0.3 is 0 Å². The van der Waals surface area contributed by atoms with Gasteiger partial charge in [-0.05, 0) is 6.08 Å². The van der Waals surface area contributed by atoms with Crippen molar-refractivity contribution in [2.24, 2.45) is 0 Å². The molecule has 6 nitrogen and oxygen atoms in total. The number of nitrogens with zero attached hydrogens (tertiary/aromatic N) is 4. The Balaban J connectivity index is 2.11. The van der Waals surface area contributed by atoms with Crippen molar-refractivity contribution in [3.63, 3.8) is 0 Å². The van der Waals surface area contributed by atoms with Gasteiger partial charge in [0, 0.05) is 0 Å². The van der Waals surface area contributed by atoms with Crippen molar-refractivity contribution in [1.29, 1.82) is 0 Å². The van der Waals surface area contributed by atoms with E-state index in [1.54, 1.807) is 6.26 Å². The van der Waals surface area contributed by atoms with E-state index in [4.69, 9.17) is 16.4 Å². The molecule has 0 atom stereocenters. The Kier molecular flexibility index (Phi) is 1.75. The molecule has 0 radical (unpaired) electrons. The van der Waals surface area contributed by atoms with E-state index < -0.39 is 0 Å². The van der Waals surface area contributed by atoms with Crippen LogP contribution in [0.25, 0.3) is 11.2 Å². The molecule has 0 aliphatic carbocycles. The highest BCUT2D eigenvalue weighted by atomic mass is 35.5. The number of rotatable bonds is 1. The lowest BCUT2D eigenvalue weighted by Crippen LogP contribution is -2.19. The van der Waals surface area contributed by atoms with Crippen LogP contribution in [0.5, 0.6) is 0 Å². The summed E-state index contributed by atoms with van der Waals surface area (Å²) in [4.78, 5) is 20.3. The van der Waals surface area contributed by atoms with Crippen molar-refractivity contribution in [3.8, 4) is 0 Å². The summed E-state index contributed by atoms with van der Waals surface area (Å²) in [7, 11) is 0. The summed E-state index contributed by atoms with van der Waals surface area (Å²) in [5.41, 5.74) is 1.16. The molecule has 0 saturated carbocycles. The second-order valence-electron chi connectivity index (χ2n) is 2.95. The van der Waals surface area contributed by atoms with Crippen LogP contribution in [0.3, 0.4) is 0 Å². The second-order valence-corrected chi connectivity index (χ2v) is 3.31. The molecule has 0 fully saturated rings. The van der Waals surface area contributed by atoms with Crippen molar-refractivity contribution in [2.75, 3.05) is 11.6 Å². The first kappa shape index (κ1) is 8.49. The third-order valence-electron chi connectivity index (χ3n) is 2.01. The van der Waals surface area contributed by atoms with Gasteiger partial charge in [0.2, 0.25) is 0 Å². The van der Waals surface area contributed by atoms with Crippen molar-refractivity contribution in [1.82, 2.24) is 19.9 Å². The average molecular weight is 224 g/mol. The van der Waals surface area contributed by atoms with E-state index in [-0.39, 0.29) is 0 Å². The number of imidazole rings is 1. The van der Waals surface area contributed by atoms with Gasteiger partial charge in [-0.25, -0.2) is 4.98 Å². The van der Waals surface area contributed by atoms with Crippen LogP contribution in [0.1, 0.15) is 0 Å². The van der Waals surface area contributed by atoms with Gasteiger partial charge in [-0.15, -0.1) is 0 Å². The van der Waals surface area contributed by atoms with Crippen molar-refractivity contribution >= 4 is 28.7 Å². The summed E-state index contributed by atoms with van der Waals surface area (Å²) in [5, 5.41) is 1.86. The standard InChI is InChI=1S/C8H6ClN5O/c9-6-5-7(11-4-10-5)13-8(12-6)14-2-1-3-15-14/h1,3-4H,2H2,(H,10,11,12,13). The highest BCUT2D eigenvalue weighted by molar-refractivity contribution is 6.33. The molecule has 1 aliphatic rings. The minimum absolute atomic E-state index is 0.336. The minimum Gasteiger partial charge on any atom is -0.384 e. The maximum atomic E-state index is 5.96. The van der Waals surface area contributed by atoms with Crippen LogP contribution in [-0.4, -0.2) is 26.5 Å². The Morgan fingerprint density at radius 3 is 3.20 bits per heavy atom. The number of H-pyrrole nitrogens is 1. The van der Waals surface area contributed by atoms with Gasteiger partial charge < -0.3 is 9.82 Å². The monoisotopic (exact) mass is 223 g/mol. The lowest BCUT2D eigenvalue weighted by molar-refractivity contribution is 0.241. The van der Waals surface area contributed by atoms with Crippen LogP contribution in [-0.2, 0) is 4.84 Å². The number of nitrogens with one attached hydrogen (secondary N) is 1. The molecule has 3 heterocycles. The molecule has 0 aromatic carbocycles. The zero-order valence-electron chi connectivity index (χ0n) is 7.51. The maximum absolute atomic E-state index is 5.96. The largest absolute Gasteiger partial charge is 0.384 e. The number of aromatic amines is 1. The van der Waals surface area contributed by atoms with E-state index in [1.165, 1.54) is 11.4 Å². The van der Waals surface area contributed by atoms with E-state index in [9.17, 15) is 0 Å². The highest BCUT2D eigenvalue weighted by Crippen LogP contribution is 2.21. The summed E-state index contributed by atoms with van der Waals surface area (Å²) in [5.74, 6) is 0.407. The van der Waals surface area contributed by atoms with Gasteiger partial charge in [0.1, 0.15) is 11.8 Å².